The van der Waals surface area contributed by atoms with Crippen molar-refractivity contribution in [3.05, 3.63) is 12.5 Å². The Kier molecular flexibility index (Phi) is 6.25. The summed E-state index contributed by atoms with van der Waals surface area (Å²) in [5.74, 6) is 0.606. The number of aromatic nitrogens is 2. The molecule has 0 spiro atoms. The molecule has 0 radical (unpaired) electrons. The summed E-state index contributed by atoms with van der Waals surface area (Å²) < 4.78 is 0. The van der Waals surface area contributed by atoms with Crippen LogP contribution < -0.4 is 5.73 Å². The predicted molar refractivity (Wildman–Crippen MR) is 37.5 cm³/mol. The maximum Gasteiger partial charge on any atom is 0.120 e. The van der Waals surface area contributed by atoms with Crippen LogP contribution in [0.25, 0.3) is 0 Å². The molecule has 3 nitrogen and oxygen atoms in total. The van der Waals surface area contributed by atoms with Gasteiger partial charge in [-0.05, 0) is 0 Å². The Morgan fingerprint density at radius 1 is 1.50 bits per heavy atom. The van der Waals surface area contributed by atoms with Gasteiger partial charge in [0.15, 0.2) is 0 Å². The first-order valence-electron chi connectivity index (χ1n) is 1.63. The zero-order valence-electron chi connectivity index (χ0n) is 4.00. The van der Waals surface area contributed by atoms with Crippen molar-refractivity contribution in [3.8, 4) is 0 Å². The molecule has 0 unspecified atom stereocenters. The molecule has 8 heavy (non-hydrogen) atoms. The first kappa shape index (κ1) is 10.5. The fraction of sp³-hybridized carbons (Fsp3) is 0. The van der Waals surface area contributed by atoms with Crippen LogP contribution in [0.15, 0.2) is 12.5 Å². The van der Waals surface area contributed by atoms with Gasteiger partial charge in [-0.3, -0.25) is 0 Å². The molecule has 1 heterocycles. The van der Waals surface area contributed by atoms with Gasteiger partial charge in [0.05, 0.1) is 12.5 Å². The van der Waals surface area contributed by atoms with Crippen LogP contribution in [0.1, 0.15) is 0 Å². The van der Waals surface area contributed by atoms with Gasteiger partial charge in [-0.1, -0.05) is 0 Å². The Bertz CT molecular complexity index is 116. The number of nitrogens with zero attached hydrogens (tertiary/aromatic N) is 1. The van der Waals surface area contributed by atoms with Gasteiger partial charge in [-0.15, -0.1) is 24.8 Å². The van der Waals surface area contributed by atoms with Crippen molar-refractivity contribution in [1.29, 1.82) is 0 Å². The molecule has 48 valence electrons. The Morgan fingerprint density at radius 3 is 2.25 bits per heavy atom. The minimum atomic E-state index is 0. The largest absolute Gasteiger partial charge is 0.384 e. The standard InChI is InChI=1S/C3H5N3.2ClH/c4-3-1-5-2-6-3;;/h1-2H,4H2,(H,5,6);2*1H. The van der Waals surface area contributed by atoms with E-state index >= 15 is 0 Å². The van der Waals surface area contributed by atoms with E-state index in [0.717, 1.165) is 0 Å². The van der Waals surface area contributed by atoms with Gasteiger partial charge < -0.3 is 10.7 Å². The fourth-order valence-electron chi connectivity index (χ4n) is 0.267. The molecule has 0 fully saturated rings. The quantitative estimate of drug-likeness (QED) is 0.584. The molecule has 0 bridgehead atoms. The second-order valence-corrected chi connectivity index (χ2v) is 1.01. The molecule has 0 aliphatic carbocycles. The molecule has 0 amide bonds. The Balaban J connectivity index is 0. The van der Waals surface area contributed by atoms with E-state index in [1.54, 1.807) is 6.20 Å². The normalized spacial score (nSPS) is 6.50. The van der Waals surface area contributed by atoms with Gasteiger partial charge in [-0.25, -0.2) is 4.98 Å². The van der Waals surface area contributed by atoms with E-state index in [4.69, 9.17) is 5.73 Å². The molecule has 0 aromatic carbocycles. The van der Waals surface area contributed by atoms with Gasteiger partial charge in [0.1, 0.15) is 5.82 Å². The minimum Gasteiger partial charge on any atom is -0.384 e. The van der Waals surface area contributed by atoms with Crippen molar-refractivity contribution >= 4 is 30.6 Å². The van der Waals surface area contributed by atoms with Gasteiger partial charge in [-0.2, -0.15) is 0 Å². The molecule has 5 heteroatoms. The van der Waals surface area contributed by atoms with Crippen molar-refractivity contribution in [2.45, 2.75) is 0 Å². The molecule has 0 atom stereocenters. The summed E-state index contributed by atoms with van der Waals surface area (Å²) in [5.41, 5.74) is 5.16. The van der Waals surface area contributed by atoms with Crippen molar-refractivity contribution in [3.63, 3.8) is 0 Å². The van der Waals surface area contributed by atoms with E-state index in [2.05, 4.69) is 9.97 Å². The van der Waals surface area contributed by atoms with Gasteiger partial charge in [0.25, 0.3) is 0 Å². The third-order valence-corrected chi connectivity index (χ3v) is 0.519. The average Bonchev–Trinajstić information content (AvgIpc) is 1.86. The van der Waals surface area contributed by atoms with Crippen LogP contribution in [0, 0.1) is 0 Å². The molecule has 1 aromatic rings. The average molecular weight is 156 g/mol. The molecular weight excluding hydrogens is 149 g/mol. The van der Waals surface area contributed by atoms with E-state index in [9.17, 15) is 0 Å². The second kappa shape index (κ2) is 4.74. The van der Waals surface area contributed by atoms with Crippen LogP contribution >= 0.6 is 24.8 Å². The number of anilines is 1. The fourth-order valence-corrected chi connectivity index (χ4v) is 0.267. The third kappa shape index (κ3) is 2.71. The number of nitrogen functional groups attached to an aromatic ring is 1. The summed E-state index contributed by atoms with van der Waals surface area (Å²) in [4.78, 5) is 6.31. The molecule has 1 rings (SSSR count). The molecule has 0 aliphatic rings. The van der Waals surface area contributed by atoms with E-state index in [-0.39, 0.29) is 24.8 Å². The second-order valence-electron chi connectivity index (χ2n) is 1.01. The highest BCUT2D eigenvalue weighted by atomic mass is 35.5. The molecule has 0 aliphatic heterocycles. The first-order valence-corrected chi connectivity index (χ1v) is 1.63. The van der Waals surface area contributed by atoms with Crippen molar-refractivity contribution < 1.29 is 0 Å². The Labute approximate surface area is 59.5 Å². The van der Waals surface area contributed by atoms with Crippen LogP contribution in [-0.2, 0) is 0 Å². The number of aromatic amines is 1. The van der Waals surface area contributed by atoms with Gasteiger partial charge in [0, 0.05) is 0 Å². The van der Waals surface area contributed by atoms with Crippen LogP contribution in [0.5, 0.6) is 0 Å². The summed E-state index contributed by atoms with van der Waals surface area (Å²) in [6.07, 6.45) is 3.09. The third-order valence-electron chi connectivity index (χ3n) is 0.519. The smallest absolute Gasteiger partial charge is 0.120 e. The zero-order chi connectivity index (χ0) is 4.41. The molecule has 3 N–H and O–H groups in total. The van der Waals surface area contributed by atoms with Gasteiger partial charge >= 0.3 is 0 Å². The number of hydrogen-bond donors (Lipinski definition) is 2. The number of nitrogens with one attached hydrogen (secondary N) is 1. The lowest BCUT2D eigenvalue weighted by Gasteiger charge is -1.70. The zero-order valence-corrected chi connectivity index (χ0v) is 5.63. The van der Waals surface area contributed by atoms with E-state index in [1.165, 1.54) is 6.33 Å². The van der Waals surface area contributed by atoms with E-state index < -0.39 is 0 Å². The van der Waals surface area contributed by atoms with Crippen molar-refractivity contribution in [2.75, 3.05) is 5.73 Å². The SMILES string of the molecule is Cl.Cl.Nc1cnc[nH]1. The number of imidazole rings is 1. The molecule has 0 saturated carbocycles. The van der Waals surface area contributed by atoms with Crippen LogP contribution in [-0.4, -0.2) is 9.97 Å². The first-order chi connectivity index (χ1) is 2.89. The number of hydrogen-bond acceptors (Lipinski definition) is 2. The summed E-state index contributed by atoms with van der Waals surface area (Å²) in [7, 11) is 0. The lowest BCUT2D eigenvalue weighted by atomic mass is 10.8. The van der Waals surface area contributed by atoms with Crippen molar-refractivity contribution in [2.24, 2.45) is 0 Å². The summed E-state index contributed by atoms with van der Waals surface area (Å²) in [5, 5.41) is 0. The van der Waals surface area contributed by atoms with Crippen LogP contribution in [0.4, 0.5) is 5.82 Å². The summed E-state index contributed by atoms with van der Waals surface area (Å²) in [6, 6.07) is 0. The molecule has 0 saturated heterocycles. The minimum absolute atomic E-state index is 0. The highest BCUT2D eigenvalue weighted by Gasteiger charge is 1.74. The van der Waals surface area contributed by atoms with Gasteiger partial charge in [0.2, 0.25) is 0 Å². The number of halogens is 2. The summed E-state index contributed by atoms with van der Waals surface area (Å²) >= 11 is 0. The number of H-pyrrole nitrogens is 1. The van der Waals surface area contributed by atoms with Crippen LogP contribution in [0.2, 0.25) is 0 Å². The predicted octanol–water partition coefficient (Wildman–Crippen LogP) is 0.836. The highest BCUT2D eigenvalue weighted by Crippen LogP contribution is 1.84. The Hall–Kier alpha value is -0.410. The highest BCUT2D eigenvalue weighted by molar-refractivity contribution is 5.85. The molecular formula is C3H7Cl2N3. The van der Waals surface area contributed by atoms with E-state index in [1.807, 2.05) is 0 Å². The van der Waals surface area contributed by atoms with Crippen molar-refractivity contribution in [1.82, 2.24) is 9.97 Å². The number of nitrogens with two attached hydrogens (primary N) is 1. The summed E-state index contributed by atoms with van der Waals surface area (Å²) in [6.45, 7) is 0. The topological polar surface area (TPSA) is 54.7 Å². The Morgan fingerprint density at radius 2 is 2.12 bits per heavy atom. The van der Waals surface area contributed by atoms with Crippen LogP contribution in [0.3, 0.4) is 0 Å². The lowest BCUT2D eigenvalue weighted by Crippen LogP contribution is -1.79. The molecule has 1 aromatic heterocycles. The monoisotopic (exact) mass is 155 g/mol. The maximum absolute atomic E-state index is 5.16. The maximum atomic E-state index is 5.16. The lowest BCUT2D eigenvalue weighted by molar-refractivity contribution is 1.32. The number of rotatable bonds is 0. The van der Waals surface area contributed by atoms with E-state index in [0.29, 0.717) is 5.82 Å².